The SMILES string of the molecule is Cc1ccc(F)cc1OC[C@H]1[C@H](c2ccc(Br)cc2)C1(C)C. The van der Waals surface area contributed by atoms with Gasteiger partial charge in [0, 0.05) is 16.5 Å². The zero-order chi connectivity index (χ0) is 15.9. The summed E-state index contributed by atoms with van der Waals surface area (Å²) in [5.74, 6) is 1.35. The van der Waals surface area contributed by atoms with E-state index in [0.29, 0.717) is 24.2 Å². The fourth-order valence-electron chi connectivity index (χ4n) is 3.30. The Hall–Kier alpha value is -1.35. The quantitative estimate of drug-likeness (QED) is 0.676. The van der Waals surface area contributed by atoms with Gasteiger partial charge in [0.25, 0.3) is 0 Å². The van der Waals surface area contributed by atoms with Gasteiger partial charge in [0.2, 0.25) is 0 Å². The lowest BCUT2D eigenvalue weighted by atomic mass is 10.0. The molecule has 2 atom stereocenters. The van der Waals surface area contributed by atoms with E-state index in [-0.39, 0.29) is 11.2 Å². The fraction of sp³-hybridized carbons (Fsp3) is 0.368. The first-order valence-corrected chi connectivity index (χ1v) is 8.33. The summed E-state index contributed by atoms with van der Waals surface area (Å²) in [5.41, 5.74) is 2.53. The molecule has 0 unspecified atom stereocenters. The van der Waals surface area contributed by atoms with Gasteiger partial charge in [-0.3, -0.25) is 0 Å². The van der Waals surface area contributed by atoms with Gasteiger partial charge in [0.15, 0.2) is 0 Å². The number of rotatable bonds is 4. The van der Waals surface area contributed by atoms with Crippen LogP contribution in [0.4, 0.5) is 4.39 Å². The molecule has 1 saturated carbocycles. The molecule has 0 heterocycles. The molecular weight excluding hydrogens is 343 g/mol. The van der Waals surface area contributed by atoms with Crippen molar-refractivity contribution in [2.24, 2.45) is 11.3 Å². The number of aryl methyl sites for hydroxylation is 1. The van der Waals surface area contributed by atoms with Crippen LogP contribution in [0.5, 0.6) is 5.75 Å². The fourth-order valence-corrected chi connectivity index (χ4v) is 3.56. The summed E-state index contributed by atoms with van der Waals surface area (Å²) in [7, 11) is 0. The summed E-state index contributed by atoms with van der Waals surface area (Å²) in [6, 6.07) is 13.2. The van der Waals surface area contributed by atoms with Crippen LogP contribution in [0.2, 0.25) is 0 Å². The van der Waals surface area contributed by atoms with Crippen LogP contribution in [0.1, 0.15) is 30.9 Å². The molecule has 0 spiro atoms. The molecule has 2 aromatic rings. The Balaban J connectivity index is 1.70. The largest absolute Gasteiger partial charge is 0.493 e. The highest BCUT2D eigenvalue weighted by Crippen LogP contribution is 2.64. The molecule has 1 nitrogen and oxygen atoms in total. The minimum atomic E-state index is -0.250. The molecule has 0 aliphatic heterocycles. The monoisotopic (exact) mass is 362 g/mol. The average Bonchev–Trinajstić information content (AvgIpc) is 3.02. The predicted molar refractivity (Wildman–Crippen MR) is 90.8 cm³/mol. The molecule has 0 radical (unpaired) electrons. The Labute approximate surface area is 139 Å². The molecule has 0 saturated heterocycles. The van der Waals surface area contributed by atoms with Crippen LogP contribution in [-0.2, 0) is 0 Å². The number of halogens is 2. The van der Waals surface area contributed by atoms with Crippen molar-refractivity contribution in [2.75, 3.05) is 6.61 Å². The van der Waals surface area contributed by atoms with E-state index in [4.69, 9.17) is 4.74 Å². The Morgan fingerprint density at radius 1 is 1.14 bits per heavy atom. The Kier molecular flexibility index (Phi) is 4.02. The molecule has 0 amide bonds. The van der Waals surface area contributed by atoms with Gasteiger partial charge in [-0.1, -0.05) is 48.0 Å². The van der Waals surface area contributed by atoms with Crippen molar-refractivity contribution in [2.45, 2.75) is 26.7 Å². The molecule has 0 aromatic heterocycles. The lowest BCUT2D eigenvalue weighted by Crippen LogP contribution is -2.05. The van der Waals surface area contributed by atoms with Gasteiger partial charge < -0.3 is 4.74 Å². The minimum absolute atomic E-state index is 0.217. The first-order chi connectivity index (χ1) is 10.4. The van der Waals surface area contributed by atoms with Crippen molar-refractivity contribution < 1.29 is 9.13 Å². The van der Waals surface area contributed by atoms with Crippen LogP contribution < -0.4 is 4.74 Å². The third-order valence-electron chi connectivity index (χ3n) is 4.85. The van der Waals surface area contributed by atoms with Crippen molar-refractivity contribution in [1.29, 1.82) is 0 Å². The van der Waals surface area contributed by atoms with Gasteiger partial charge in [-0.15, -0.1) is 0 Å². The second-order valence-corrected chi connectivity index (χ2v) is 7.59. The molecule has 22 heavy (non-hydrogen) atoms. The Morgan fingerprint density at radius 3 is 2.50 bits per heavy atom. The molecule has 0 bridgehead atoms. The van der Waals surface area contributed by atoms with Crippen molar-refractivity contribution in [1.82, 2.24) is 0 Å². The lowest BCUT2D eigenvalue weighted by molar-refractivity contribution is 0.276. The van der Waals surface area contributed by atoms with Crippen LogP contribution in [0.25, 0.3) is 0 Å². The highest BCUT2D eigenvalue weighted by molar-refractivity contribution is 9.10. The van der Waals surface area contributed by atoms with Crippen molar-refractivity contribution >= 4 is 15.9 Å². The lowest BCUT2D eigenvalue weighted by Gasteiger charge is -2.09. The predicted octanol–water partition coefficient (Wildman–Crippen LogP) is 5.72. The van der Waals surface area contributed by atoms with E-state index in [1.807, 2.05) is 6.92 Å². The van der Waals surface area contributed by atoms with Crippen LogP contribution >= 0.6 is 15.9 Å². The zero-order valence-electron chi connectivity index (χ0n) is 13.1. The van der Waals surface area contributed by atoms with E-state index in [0.717, 1.165) is 10.0 Å². The number of ether oxygens (including phenoxy) is 1. The van der Waals surface area contributed by atoms with Crippen molar-refractivity contribution in [3.63, 3.8) is 0 Å². The summed E-state index contributed by atoms with van der Waals surface area (Å²) in [4.78, 5) is 0. The summed E-state index contributed by atoms with van der Waals surface area (Å²) in [6.45, 7) is 7.11. The van der Waals surface area contributed by atoms with Gasteiger partial charge in [-0.05, 0) is 47.6 Å². The minimum Gasteiger partial charge on any atom is -0.493 e. The number of hydrogen-bond donors (Lipinski definition) is 0. The highest BCUT2D eigenvalue weighted by Gasteiger charge is 2.58. The first kappa shape index (κ1) is 15.5. The summed E-state index contributed by atoms with van der Waals surface area (Å²) in [6.07, 6.45) is 0. The van der Waals surface area contributed by atoms with Gasteiger partial charge in [-0.25, -0.2) is 4.39 Å². The summed E-state index contributed by atoms with van der Waals surface area (Å²) >= 11 is 3.47. The van der Waals surface area contributed by atoms with E-state index in [9.17, 15) is 4.39 Å². The van der Waals surface area contributed by atoms with Gasteiger partial charge in [0.1, 0.15) is 11.6 Å². The maximum atomic E-state index is 13.3. The van der Waals surface area contributed by atoms with Gasteiger partial charge in [0.05, 0.1) is 6.61 Å². The molecule has 3 heteroatoms. The van der Waals surface area contributed by atoms with Gasteiger partial charge in [-0.2, -0.15) is 0 Å². The zero-order valence-corrected chi connectivity index (χ0v) is 14.7. The standard InChI is InChI=1S/C19H20BrFO/c1-12-4-9-15(21)10-17(12)22-11-16-18(19(16,2)3)13-5-7-14(20)8-6-13/h4-10,16,18H,11H2,1-3H3/t16-,18-/m0/s1. The number of benzene rings is 2. The second-order valence-electron chi connectivity index (χ2n) is 6.68. The normalized spacial score (nSPS) is 22.4. The molecule has 1 aliphatic rings. The average molecular weight is 363 g/mol. The smallest absolute Gasteiger partial charge is 0.126 e. The molecule has 2 aromatic carbocycles. The van der Waals surface area contributed by atoms with Crippen LogP contribution in [0.15, 0.2) is 46.9 Å². The van der Waals surface area contributed by atoms with Crippen molar-refractivity contribution in [3.05, 3.63) is 63.9 Å². The first-order valence-electron chi connectivity index (χ1n) is 7.54. The molecule has 0 N–H and O–H groups in total. The second kappa shape index (κ2) is 5.69. The molecule has 3 rings (SSSR count). The van der Waals surface area contributed by atoms with Gasteiger partial charge >= 0.3 is 0 Å². The Bertz CT molecular complexity index is 678. The van der Waals surface area contributed by atoms with E-state index >= 15 is 0 Å². The molecule has 116 valence electrons. The highest BCUT2D eigenvalue weighted by atomic mass is 79.9. The number of hydrogen-bond acceptors (Lipinski definition) is 1. The van der Waals surface area contributed by atoms with E-state index in [1.165, 1.54) is 17.7 Å². The molecule has 1 aliphatic carbocycles. The van der Waals surface area contributed by atoms with E-state index in [2.05, 4.69) is 54.0 Å². The molecule has 1 fully saturated rings. The van der Waals surface area contributed by atoms with E-state index < -0.39 is 0 Å². The van der Waals surface area contributed by atoms with E-state index in [1.54, 1.807) is 6.07 Å². The summed E-state index contributed by atoms with van der Waals surface area (Å²) in [5, 5.41) is 0. The third kappa shape index (κ3) is 2.91. The topological polar surface area (TPSA) is 9.23 Å². The van der Waals surface area contributed by atoms with Crippen molar-refractivity contribution in [3.8, 4) is 5.75 Å². The van der Waals surface area contributed by atoms with Crippen LogP contribution in [0, 0.1) is 24.1 Å². The maximum Gasteiger partial charge on any atom is 0.126 e. The molecular formula is C19H20BrFO. The van der Waals surface area contributed by atoms with Crippen LogP contribution in [-0.4, -0.2) is 6.61 Å². The third-order valence-corrected chi connectivity index (χ3v) is 5.38. The maximum absolute atomic E-state index is 13.3. The summed E-state index contributed by atoms with van der Waals surface area (Å²) < 4.78 is 20.3. The van der Waals surface area contributed by atoms with Crippen LogP contribution in [0.3, 0.4) is 0 Å². The Morgan fingerprint density at radius 2 is 1.82 bits per heavy atom.